The number of rotatable bonds is 9. The van der Waals surface area contributed by atoms with Gasteiger partial charge in [-0.3, -0.25) is 4.79 Å². The van der Waals surface area contributed by atoms with Crippen LogP contribution in [0.1, 0.15) is 5.56 Å². The Morgan fingerprint density at radius 1 is 1.13 bits per heavy atom. The first-order valence-corrected chi connectivity index (χ1v) is 12.2. The molecule has 0 saturated heterocycles. The molecule has 0 radical (unpaired) electrons. The van der Waals surface area contributed by atoms with Crippen molar-refractivity contribution in [2.75, 3.05) is 36.6 Å². The number of thioether (sulfide) groups is 1. The second-order valence-corrected chi connectivity index (χ2v) is 9.93. The Morgan fingerprint density at radius 3 is 2.77 bits per heavy atom. The predicted octanol–water partition coefficient (Wildman–Crippen LogP) is 4.91. The lowest BCUT2D eigenvalue weighted by molar-refractivity contribution is -0.113. The summed E-state index contributed by atoms with van der Waals surface area (Å²) in [6.07, 6.45) is 0. The molecule has 160 valence electrons. The van der Waals surface area contributed by atoms with Gasteiger partial charge in [-0.05, 0) is 48.9 Å². The molecule has 2 heterocycles. The maximum atomic E-state index is 12.3. The van der Waals surface area contributed by atoms with Crippen LogP contribution in [0.25, 0.3) is 20.8 Å². The Labute approximate surface area is 192 Å². The van der Waals surface area contributed by atoms with Gasteiger partial charge in [0.05, 0.1) is 22.6 Å². The van der Waals surface area contributed by atoms with E-state index in [-0.39, 0.29) is 11.7 Å². The molecule has 4 rings (SSSR count). The van der Waals surface area contributed by atoms with Crippen LogP contribution in [-0.4, -0.2) is 47.1 Å². The molecule has 0 aliphatic rings. The second-order valence-electron chi connectivity index (χ2n) is 6.70. The van der Waals surface area contributed by atoms with E-state index in [1.54, 1.807) is 18.4 Å². The molecule has 0 spiro atoms. The molecule has 0 bridgehead atoms. The summed E-state index contributed by atoms with van der Waals surface area (Å²) in [6, 6.07) is 14.0. The largest absolute Gasteiger partial charge is 0.383 e. The summed E-state index contributed by atoms with van der Waals surface area (Å²) in [4.78, 5) is 17.0. The van der Waals surface area contributed by atoms with Crippen LogP contribution >= 0.6 is 34.4 Å². The quantitative estimate of drug-likeness (QED) is 0.265. The highest BCUT2D eigenvalue weighted by Crippen LogP contribution is 2.31. The summed E-state index contributed by atoms with van der Waals surface area (Å²) in [7, 11) is 1.65. The van der Waals surface area contributed by atoms with Gasteiger partial charge in [0.2, 0.25) is 11.0 Å². The van der Waals surface area contributed by atoms with Crippen LogP contribution in [-0.2, 0) is 9.53 Å². The van der Waals surface area contributed by atoms with E-state index in [1.165, 1.54) is 33.4 Å². The molecule has 31 heavy (non-hydrogen) atoms. The molecular weight excluding hydrogens is 450 g/mol. The molecule has 2 aromatic carbocycles. The van der Waals surface area contributed by atoms with Crippen molar-refractivity contribution in [3.63, 3.8) is 0 Å². The summed E-state index contributed by atoms with van der Waals surface area (Å²) >= 11 is 4.46. The van der Waals surface area contributed by atoms with Crippen molar-refractivity contribution in [3.8, 4) is 10.6 Å². The van der Waals surface area contributed by atoms with Gasteiger partial charge in [-0.25, -0.2) is 4.98 Å². The fourth-order valence-electron chi connectivity index (χ4n) is 2.78. The van der Waals surface area contributed by atoms with Crippen LogP contribution in [0.4, 0.5) is 10.8 Å². The van der Waals surface area contributed by atoms with Crippen molar-refractivity contribution in [3.05, 3.63) is 48.0 Å². The minimum Gasteiger partial charge on any atom is -0.383 e. The van der Waals surface area contributed by atoms with E-state index in [9.17, 15) is 4.79 Å². The number of anilines is 2. The van der Waals surface area contributed by atoms with Crippen LogP contribution < -0.4 is 10.6 Å². The van der Waals surface area contributed by atoms with E-state index >= 15 is 0 Å². The minimum atomic E-state index is -0.0858. The predicted molar refractivity (Wildman–Crippen MR) is 129 cm³/mol. The van der Waals surface area contributed by atoms with E-state index in [0.29, 0.717) is 13.2 Å². The van der Waals surface area contributed by atoms with Gasteiger partial charge in [-0.15, -0.1) is 21.5 Å². The highest BCUT2D eigenvalue weighted by molar-refractivity contribution is 8.01. The lowest BCUT2D eigenvalue weighted by Crippen LogP contribution is -2.13. The third kappa shape index (κ3) is 5.79. The number of aryl methyl sites for hydroxylation is 1. The molecule has 0 aliphatic carbocycles. The fourth-order valence-corrected chi connectivity index (χ4v) is 5.42. The number of carbonyl (C=O) groups excluding carboxylic acids is 1. The second kappa shape index (κ2) is 10.2. The first-order chi connectivity index (χ1) is 15.1. The summed E-state index contributed by atoms with van der Waals surface area (Å²) in [5, 5.41) is 15.9. The highest BCUT2D eigenvalue weighted by atomic mass is 32.2. The van der Waals surface area contributed by atoms with E-state index in [2.05, 4.69) is 39.9 Å². The van der Waals surface area contributed by atoms with Gasteiger partial charge in [-0.1, -0.05) is 29.2 Å². The van der Waals surface area contributed by atoms with Crippen molar-refractivity contribution in [1.82, 2.24) is 15.2 Å². The summed E-state index contributed by atoms with van der Waals surface area (Å²) in [5.74, 6) is 0.184. The van der Waals surface area contributed by atoms with Crippen LogP contribution in [0.5, 0.6) is 0 Å². The number of hydrogen-bond donors (Lipinski definition) is 2. The van der Waals surface area contributed by atoms with Gasteiger partial charge in [0.1, 0.15) is 5.01 Å². The zero-order valence-corrected chi connectivity index (χ0v) is 19.5. The fraction of sp³-hybridized carbons (Fsp3) is 0.238. The smallest absolute Gasteiger partial charge is 0.234 e. The van der Waals surface area contributed by atoms with Gasteiger partial charge >= 0.3 is 0 Å². The van der Waals surface area contributed by atoms with Gasteiger partial charge in [0.15, 0.2) is 4.34 Å². The summed E-state index contributed by atoms with van der Waals surface area (Å²) in [6.45, 7) is 3.35. The van der Waals surface area contributed by atoms with Crippen LogP contribution in [0.3, 0.4) is 0 Å². The molecule has 1 amide bonds. The van der Waals surface area contributed by atoms with Crippen LogP contribution in [0.15, 0.2) is 46.8 Å². The Morgan fingerprint density at radius 2 is 1.97 bits per heavy atom. The Kier molecular flexibility index (Phi) is 7.13. The number of amides is 1. The van der Waals surface area contributed by atoms with E-state index in [1.807, 2.05) is 30.3 Å². The van der Waals surface area contributed by atoms with Gasteiger partial charge in [0.25, 0.3) is 0 Å². The molecule has 0 atom stereocenters. The lowest BCUT2D eigenvalue weighted by atomic mass is 10.2. The minimum absolute atomic E-state index is 0.0858. The van der Waals surface area contributed by atoms with Crippen molar-refractivity contribution < 1.29 is 9.53 Å². The van der Waals surface area contributed by atoms with Crippen LogP contribution in [0.2, 0.25) is 0 Å². The number of carbonyl (C=O) groups is 1. The number of aromatic nitrogens is 3. The van der Waals surface area contributed by atoms with Crippen molar-refractivity contribution in [2.45, 2.75) is 11.3 Å². The number of nitrogens with zero attached hydrogens (tertiary/aromatic N) is 3. The van der Waals surface area contributed by atoms with Crippen molar-refractivity contribution in [1.29, 1.82) is 0 Å². The maximum absolute atomic E-state index is 12.3. The Balaban J connectivity index is 1.30. The molecular formula is C21H21N5O2S3. The third-order valence-corrected chi connectivity index (χ3v) is 7.36. The van der Waals surface area contributed by atoms with E-state index < -0.39 is 0 Å². The summed E-state index contributed by atoms with van der Waals surface area (Å²) < 4.78 is 6.91. The monoisotopic (exact) mass is 471 g/mol. The molecule has 0 unspecified atom stereocenters. The van der Waals surface area contributed by atoms with Gasteiger partial charge < -0.3 is 15.4 Å². The molecule has 0 aliphatic heterocycles. The number of thiazole rings is 1. The van der Waals surface area contributed by atoms with Gasteiger partial charge in [0, 0.05) is 24.9 Å². The average molecular weight is 472 g/mol. The highest BCUT2D eigenvalue weighted by Gasteiger charge is 2.10. The number of fused-ring (bicyclic) bond motifs is 1. The number of ether oxygens (including phenoxy) is 1. The standard InChI is InChI=1S/C21H21N5O2S3/c1-13-3-8-16-17(11-13)30-19(24-16)14-4-6-15(7-5-14)23-18(27)12-29-21-26-25-20(31-21)22-9-10-28-2/h3-8,11H,9-10,12H2,1-2H3,(H,22,25)(H,23,27). The lowest BCUT2D eigenvalue weighted by Gasteiger charge is -2.05. The number of hydrogen-bond acceptors (Lipinski definition) is 9. The first-order valence-electron chi connectivity index (χ1n) is 9.57. The molecule has 0 fully saturated rings. The van der Waals surface area contributed by atoms with Gasteiger partial charge in [-0.2, -0.15) is 0 Å². The van der Waals surface area contributed by atoms with E-state index in [0.717, 1.165) is 31.2 Å². The zero-order chi connectivity index (χ0) is 21.6. The molecule has 2 N–H and O–H groups in total. The molecule has 4 aromatic rings. The first kappa shape index (κ1) is 21.7. The molecule has 2 aromatic heterocycles. The van der Waals surface area contributed by atoms with Crippen molar-refractivity contribution in [2.24, 2.45) is 0 Å². The number of nitrogens with one attached hydrogen (secondary N) is 2. The molecule has 0 saturated carbocycles. The third-order valence-electron chi connectivity index (χ3n) is 4.28. The zero-order valence-electron chi connectivity index (χ0n) is 17.0. The van der Waals surface area contributed by atoms with Crippen molar-refractivity contribution >= 4 is 61.4 Å². The maximum Gasteiger partial charge on any atom is 0.234 e. The topological polar surface area (TPSA) is 89.0 Å². The normalized spacial score (nSPS) is 11.0. The molecule has 7 nitrogen and oxygen atoms in total. The van der Waals surface area contributed by atoms with Crippen LogP contribution in [0, 0.1) is 6.92 Å². The van der Waals surface area contributed by atoms with E-state index in [4.69, 9.17) is 9.72 Å². The average Bonchev–Trinajstić information content (AvgIpc) is 3.39. The molecule has 10 heteroatoms. The SMILES string of the molecule is COCCNc1nnc(SCC(=O)Nc2ccc(-c3nc4ccc(C)cc4s3)cc2)s1. The number of benzene rings is 2. The number of methoxy groups -OCH3 is 1. The Hall–Kier alpha value is -2.53. The summed E-state index contributed by atoms with van der Waals surface area (Å²) in [5.41, 5.74) is 4.03. The Bertz CT molecular complexity index is 1170.